The van der Waals surface area contributed by atoms with E-state index in [1.165, 1.54) is 6.07 Å². The summed E-state index contributed by atoms with van der Waals surface area (Å²) in [5.41, 5.74) is 0.228. The zero-order chi connectivity index (χ0) is 10.7. The molecule has 2 rings (SSSR count). The Bertz CT molecular complexity index is 393. The highest BCUT2D eigenvalue weighted by atomic mass is 32.2. The van der Waals surface area contributed by atoms with Crippen LogP contribution in [0.5, 0.6) is 0 Å². The lowest BCUT2D eigenvalue weighted by Crippen LogP contribution is -2.02. The first-order valence-electron chi connectivity index (χ1n) is 4.99. The molecule has 1 aliphatic rings. The Kier molecular flexibility index (Phi) is 2.97. The van der Waals surface area contributed by atoms with Crippen molar-refractivity contribution in [2.24, 2.45) is 5.41 Å². The largest absolute Gasteiger partial charge is 0.207 e. The monoisotopic (exact) mass is 221 g/mol. The number of halogens is 1. The summed E-state index contributed by atoms with van der Waals surface area (Å²) >= 11 is 1.65. The second kappa shape index (κ2) is 4.24. The molecule has 1 aromatic rings. The van der Waals surface area contributed by atoms with Gasteiger partial charge in [-0.15, -0.1) is 11.8 Å². The van der Waals surface area contributed by atoms with Crippen molar-refractivity contribution in [2.75, 3.05) is 5.75 Å². The normalized spacial score (nSPS) is 17.1. The maximum atomic E-state index is 12.9. The molecule has 0 radical (unpaired) electrons. The van der Waals surface area contributed by atoms with Gasteiger partial charge in [-0.25, -0.2) is 4.39 Å². The molecular weight excluding hydrogens is 209 g/mol. The predicted molar refractivity (Wildman–Crippen MR) is 59.0 cm³/mol. The molecule has 78 valence electrons. The minimum absolute atomic E-state index is 0.190. The summed E-state index contributed by atoms with van der Waals surface area (Å²) in [6, 6.07) is 8.87. The molecular formula is C12H12FNS. The third-order valence-corrected chi connectivity index (χ3v) is 4.10. The van der Waals surface area contributed by atoms with Crippen LogP contribution in [0.4, 0.5) is 4.39 Å². The van der Waals surface area contributed by atoms with Crippen LogP contribution in [0.2, 0.25) is 0 Å². The average Bonchev–Trinajstić information content (AvgIpc) is 2.97. The molecule has 1 aliphatic carbocycles. The minimum atomic E-state index is -0.190. The van der Waals surface area contributed by atoms with Crippen molar-refractivity contribution < 1.29 is 4.39 Å². The van der Waals surface area contributed by atoms with Crippen molar-refractivity contribution in [3.05, 3.63) is 30.1 Å². The van der Waals surface area contributed by atoms with Gasteiger partial charge in [-0.1, -0.05) is 6.07 Å². The van der Waals surface area contributed by atoms with E-state index in [-0.39, 0.29) is 11.2 Å². The Morgan fingerprint density at radius 2 is 2.27 bits per heavy atom. The van der Waals surface area contributed by atoms with E-state index >= 15 is 0 Å². The van der Waals surface area contributed by atoms with Crippen LogP contribution in [0, 0.1) is 22.6 Å². The molecule has 0 N–H and O–H groups in total. The molecule has 0 saturated heterocycles. The Labute approximate surface area is 93.3 Å². The topological polar surface area (TPSA) is 23.8 Å². The predicted octanol–water partition coefficient (Wildman–Crippen LogP) is 3.61. The zero-order valence-corrected chi connectivity index (χ0v) is 9.19. The second-order valence-corrected chi connectivity index (χ2v) is 5.13. The lowest BCUT2D eigenvalue weighted by atomic mass is 10.1. The van der Waals surface area contributed by atoms with Gasteiger partial charge in [0.2, 0.25) is 0 Å². The first-order chi connectivity index (χ1) is 7.24. The van der Waals surface area contributed by atoms with Crippen molar-refractivity contribution in [2.45, 2.75) is 24.2 Å². The highest BCUT2D eigenvalue weighted by Crippen LogP contribution is 2.51. The quantitative estimate of drug-likeness (QED) is 0.725. The Hall–Kier alpha value is -1.01. The van der Waals surface area contributed by atoms with Gasteiger partial charge in [0, 0.05) is 17.1 Å². The van der Waals surface area contributed by atoms with Gasteiger partial charge in [0.15, 0.2) is 0 Å². The van der Waals surface area contributed by atoms with Gasteiger partial charge in [0.25, 0.3) is 0 Å². The van der Waals surface area contributed by atoms with Crippen LogP contribution < -0.4 is 0 Å². The highest BCUT2D eigenvalue weighted by Gasteiger charge is 2.42. The standard InChI is InChI=1S/C12H12FNS/c13-10-2-1-3-11(8-10)15-9-12(4-5-12)6-7-14/h1-3,8H,4-6,9H2. The smallest absolute Gasteiger partial charge is 0.124 e. The summed E-state index contributed by atoms with van der Waals surface area (Å²) in [4.78, 5) is 0.958. The van der Waals surface area contributed by atoms with E-state index in [4.69, 9.17) is 5.26 Å². The molecule has 0 aromatic heterocycles. The number of hydrogen-bond acceptors (Lipinski definition) is 2. The molecule has 15 heavy (non-hydrogen) atoms. The van der Waals surface area contributed by atoms with E-state index in [0.29, 0.717) is 6.42 Å². The fraction of sp³-hybridized carbons (Fsp3) is 0.417. The SMILES string of the molecule is N#CCC1(CSc2cccc(F)c2)CC1. The fourth-order valence-corrected chi connectivity index (χ4v) is 2.74. The van der Waals surface area contributed by atoms with E-state index in [9.17, 15) is 4.39 Å². The third-order valence-electron chi connectivity index (χ3n) is 2.75. The van der Waals surface area contributed by atoms with E-state index in [1.54, 1.807) is 23.9 Å². The summed E-state index contributed by atoms with van der Waals surface area (Å²) < 4.78 is 12.9. The first kappa shape index (κ1) is 10.5. The molecule has 1 nitrogen and oxygen atoms in total. The molecule has 0 heterocycles. The number of hydrogen-bond donors (Lipinski definition) is 0. The second-order valence-electron chi connectivity index (χ2n) is 4.08. The van der Waals surface area contributed by atoms with E-state index in [2.05, 4.69) is 6.07 Å². The van der Waals surface area contributed by atoms with E-state index in [0.717, 1.165) is 23.5 Å². The number of benzene rings is 1. The molecule has 0 aliphatic heterocycles. The van der Waals surface area contributed by atoms with Crippen molar-refractivity contribution >= 4 is 11.8 Å². The Morgan fingerprint density at radius 3 is 2.87 bits per heavy atom. The van der Waals surface area contributed by atoms with Crippen molar-refractivity contribution in [3.63, 3.8) is 0 Å². The molecule has 3 heteroatoms. The summed E-state index contributed by atoms with van der Waals surface area (Å²) in [6.45, 7) is 0. The molecule has 1 aromatic carbocycles. The zero-order valence-electron chi connectivity index (χ0n) is 8.37. The summed E-state index contributed by atoms with van der Waals surface area (Å²) in [5, 5.41) is 8.66. The van der Waals surface area contributed by atoms with Gasteiger partial charge >= 0.3 is 0 Å². The van der Waals surface area contributed by atoms with Crippen LogP contribution in [-0.2, 0) is 0 Å². The van der Waals surface area contributed by atoms with Crippen molar-refractivity contribution in [1.82, 2.24) is 0 Å². The van der Waals surface area contributed by atoms with Crippen LogP contribution >= 0.6 is 11.8 Å². The number of nitriles is 1. The molecule has 0 spiro atoms. The maximum absolute atomic E-state index is 12.9. The Balaban J connectivity index is 1.91. The molecule has 1 saturated carbocycles. The summed E-state index contributed by atoms with van der Waals surface area (Å²) in [6.07, 6.45) is 2.92. The first-order valence-corrected chi connectivity index (χ1v) is 5.98. The summed E-state index contributed by atoms with van der Waals surface area (Å²) in [5.74, 6) is 0.745. The van der Waals surface area contributed by atoms with Gasteiger partial charge in [-0.05, 0) is 36.5 Å². The van der Waals surface area contributed by atoms with Crippen LogP contribution in [0.15, 0.2) is 29.2 Å². The lowest BCUT2D eigenvalue weighted by molar-refractivity contribution is 0.603. The molecule has 0 unspecified atom stereocenters. The number of rotatable bonds is 4. The average molecular weight is 221 g/mol. The van der Waals surface area contributed by atoms with E-state index < -0.39 is 0 Å². The molecule has 1 fully saturated rings. The summed E-state index contributed by atoms with van der Waals surface area (Å²) in [7, 11) is 0. The number of nitrogens with zero attached hydrogens (tertiary/aromatic N) is 1. The van der Waals surface area contributed by atoms with Crippen LogP contribution in [-0.4, -0.2) is 5.75 Å². The van der Waals surface area contributed by atoms with E-state index in [1.807, 2.05) is 6.07 Å². The highest BCUT2D eigenvalue weighted by molar-refractivity contribution is 7.99. The molecule has 0 atom stereocenters. The van der Waals surface area contributed by atoms with Crippen LogP contribution in [0.1, 0.15) is 19.3 Å². The lowest BCUT2D eigenvalue weighted by Gasteiger charge is -2.09. The van der Waals surface area contributed by atoms with Gasteiger partial charge in [-0.2, -0.15) is 5.26 Å². The third kappa shape index (κ3) is 2.73. The molecule has 0 amide bonds. The van der Waals surface area contributed by atoms with Gasteiger partial charge in [0.1, 0.15) is 5.82 Å². The Morgan fingerprint density at radius 1 is 1.47 bits per heavy atom. The van der Waals surface area contributed by atoms with Crippen LogP contribution in [0.3, 0.4) is 0 Å². The number of thioether (sulfide) groups is 1. The molecule has 0 bridgehead atoms. The van der Waals surface area contributed by atoms with Gasteiger partial charge in [-0.3, -0.25) is 0 Å². The fourth-order valence-electron chi connectivity index (χ4n) is 1.51. The van der Waals surface area contributed by atoms with Gasteiger partial charge < -0.3 is 0 Å². The van der Waals surface area contributed by atoms with Gasteiger partial charge in [0.05, 0.1) is 6.07 Å². The van der Waals surface area contributed by atoms with Crippen molar-refractivity contribution in [1.29, 1.82) is 5.26 Å². The van der Waals surface area contributed by atoms with Crippen LogP contribution in [0.25, 0.3) is 0 Å². The minimum Gasteiger partial charge on any atom is -0.207 e. The maximum Gasteiger partial charge on any atom is 0.124 e. The van der Waals surface area contributed by atoms with Crippen molar-refractivity contribution in [3.8, 4) is 6.07 Å².